The maximum Gasteiger partial charge on any atom is 0.308 e. The molecule has 2 bridgehead atoms. The maximum atomic E-state index is 12.4. The van der Waals surface area contributed by atoms with E-state index >= 15 is 0 Å². The molecular formula is C16H19N3O3. The highest BCUT2D eigenvalue weighted by atomic mass is 16.4. The van der Waals surface area contributed by atoms with Crippen molar-refractivity contribution in [3.05, 3.63) is 23.8 Å². The largest absolute Gasteiger partial charge is 0.481 e. The number of nitrogens with zero attached hydrogens (tertiary/aromatic N) is 2. The van der Waals surface area contributed by atoms with Gasteiger partial charge in [-0.2, -0.15) is 0 Å². The molecule has 0 aliphatic heterocycles. The van der Waals surface area contributed by atoms with E-state index in [2.05, 4.69) is 15.3 Å². The molecule has 1 amide bonds. The van der Waals surface area contributed by atoms with Crippen LogP contribution in [0.3, 0.4) is 0 Å². The quantitative estimate of drug-likeness (QED) is 0.881. The highest BCUT2D eigenvalue weighted by Crippen LogP contribution is 2.48. The van der Waals surface area contributed by atoms with Crippen LogP contribution in [0.4, 0.5) is 0 Å². The third kappa shape index (κ3) is 2.26. The van der Waals surface area contributed by atoms with Gasteiger partial charge in [0.15, 0.2) is 0 Å². The van der Waals surface area contributed by atoms with Crippen molar-refractivity contribution in [1.29, 1.82) is 0 Å². The third-order valence-electron chi connectivity index (χ3n) is 5.35. The predicted molar refractivity (Wildman–Crippen MR) is 77.2 cm³/mol. The summed E-state index contributed by atoms with van der Waals surface area (Å²) in [4.78, 5) is 32.5. The lowest BCUT2D eigenvalue weighted by atomic mass is 9.84. The number of carbonyl (C=O) groups is 2. The Morgan fingerprint density at radius 1 is 1.18 bits per heavy atom. The second kappa shape index (κ2) is 5.04. The summed E-state index contributed by atoms with van der Waals surface area (Å²) in [6.07, 6.45) is 6.67. The smallest absolute Gasteiger partial charge is 0.308 e. The third-order valence-corrected chi connectivity index (χ3v) is 5.35. The van der Waals surface area contributed by atoms with E-state index in [4.69, 9.17) is 0 Å². The van der Waals surface area contributed by atoms with Crippen LogP contribution in [0.15, 0.2) is 12.3 Å². The summed E-state index contributed by atoms with van der Waals surface area (Å²) >= 11 is 0. The lowest BCUT2D eigenvalue weighted by molar-refractivity contribution is -0.144. The molecule has 3 saturated carbocycles. The van der Waals surface area contributed by atoms with Gasteiger partial charge in [-0.3, -0.25) is 9.59 Å². The maximum absolute atomic E-state index is 12.4. The van der Waals surface area contributed by atoms with Gasteiger partial charge >= 0.3 is 5.97 Å². The van der Waals surface area contributed by atoms with Crippen molar-refractivity contribution in [1.82, 2.24) is 15.3 Å². The van der Waals surface area contributed by atoms with E-state index in [1.807, 2.05) is 0 Å². The van der Waals surface area contributed by atoms with E-state index in [1.165, 1.54) is 0 Å². The Morgan fingerprint density at radius 2 is 1.95 bits per heavy atom. The van der Waals surface area contributed by atoms with E-state index in [0.29, 0.717) is 17.5 Å². The highest BCUT2D eigenvalue weighted by Gasteiger charge is 2.51. The molecular weight excluding hydrogens is 282 g/mol. The fourth-order valence-electron chi connectivity index (χ4n) is 4.12. The Hall–Kier alpha value is -1.98. The molecule has 3 aliphatic carbocycles. The predicted octanol–water partition coefficient (Wildman–Crippen LogP) is 1.58. The fraction of sp³-hybridized carbons (Fsp3) is 0.625. The lowest BCUT2D eigenvalue weighted by Gasteiger charge is -2.28. The summed E-state index contributed by atoms with van der Waals surface area (Å²) < 4.78 is 0. The van der Waals surface area contributed by atoms with Crippen molar-refractivity contribution in [2.24, 2.45) is 17.8 Å². The van der Waals surface area contributed by atoms with Crippen LogP contribution in [-0.2, 0) is 4.79 Å². The monoisotopic (exact) mass is 301 g/mol. The van der Waals surface area contributed by atoms with Gasteiger partial charge in [0.2, 0.25) is 0 Å². The molecule has 2 N–H and O–H groups in total. The molecule has 3 aliphatic rings. The molecule has 1 heterocycles. The summed E-state index contributed by atoms with van der Waals surface area (Å²) in [5.41, 5.74) is 0.351. The van der Waals surface area contributed by atoms with Crippen molar-refractivity contribution in [2.75, 3.05) is 0 Å². The van der Waals surface area contributed by atoms with Crippen LogP contribution < -0.4 is 5.32 Å². The summed E-state index contributed by atoms with van der Waals surface area (Å²) in [6.45, 7) is 0. The molecule has 0 aromatic carbocycles. The number of carbonyl (C=O) groups excluding carboxylic acids is 1. The first kappa shape index (κ1) is 13.7. The minimum Gasteiger partial charge on any atom is -0.481 e. The molecule has 0 radical (unpaired) electrons. The number of nitrogens with one attached hydrogen (secondary N) is 1. The Balaban J connectivity index is 1.51. The summed E-state index contributed by atoms with van der Waals surface area (Å²) in [5.74, 6) is 0.108. The molecule has 22 heavy (non-hydrogen) atoms. The van der Waals surface area contributed by atoms with Crippen LogP contribution in [0.5, 0.6) is 0 Å². The van der Waals surface area contributed by atoms with Crippen LogP contribution in [0.1, 0.15) is 54.3 Å². The second-order valence-electron chi connectivity index (χ2n) is 6.77. The first-order valence-corrected chi connectivity index (χ1v) is 8.00. The zero-order chi connectivity index (χ0) is 15.3. The second-order valence-corrected chi connectivity index (χ2v) is 6.77. The molecule has 6 heteroatoms. The lowest BCUT2D eigenvalue weighted by Crippen LogP contribution is -2.47. The number of hydrogen-bond acceptors (Lipinski definition) is 4. The highest BCUT2D eigenvalue weighted by molar-refractivity contribution is 5.93. The van der Waals surface area contributed by atoms with E-state index in [9.17, 15) is 14.7 Å². The van der Waals surface area contributed by atoms with E-state index < -0.39 is 11.9 Å². The SMILES string of the molecule is O=C(N[C@@H]1[C@H]2CC[C@H](C2)[C@@H]1C(=O)O)c1ccnc(C2CC2)n1. The number of carboxylic acid groups (broad SMARTS) is 1. The minimum atomic E-state index is -0.793. The molecule has 0 saturated heterocycles. The van der Waals surface area contributed by atoms with Crippen molar-refractivity contribution >= 4 is 11.9 Å². The number of rotatable bonds is 4. The molecule has 1 aromatic rings. The van der Waals surface area contributed by atoms with Gasteiger partial charge in [0.25, 0.3) is 5.91 Å². The number of carboxylic acids is 1. The molecule has 0 spiro atoms. The van der Waals surface area contributed by atoms with Crippen LogP contribution >= 0.6 is 0 Å². The first-order chi connectivity index (χ1) is 10.6. The molecule has 3 fully saturated rings. The van der Waals surface area contributed by atoms with Gasteiger partial charge in [-0.05, 0) is 50.0 Å². The molecule has 116 valence electrons. The van der Waals surface area contributed by atoms with Crippen LogP contribution in [0.25, 0.3) is 0 Å². The molecule has 4 rings (SSSR count). The molecule has 1 aromatic heterocycles. The van der Waals surface area contributed by atoms with E-state index in [1.54, 1.807) is 12.3 Å². The van der Waals surface area contributed by atoms with Crippen LogP contribution in [0, 0.1) is 17.8 Å². The van der Waals surface area contributed by atoms with Gasteiger partial charge in [-0.25, -0.2) is 9.97 Å². The zero-order valence-electron chi connectivity index (χ0n) is 12.2. The van der Waals surface area contributed by atoms with Gasteiger partial charge in [0, 0.05) is 18.2 Å². The average molecular weight is 301 g/mol. The summed E-state index contributed by atoms with van der Waals surface area (Å²) in [5, 5.41) is 12.4. The number of aliphatic carboxylic acids is 1. The van der Waals surface area contributed by atoms with Gasteiger partial charge in [0.05, 0.1) is 5.92 Å². The van der Waals surface area contributed by atoms with Crippen molar-refractivity contribution in [2.45, 2.75) is 44.1 Å². The first-order valence-electron chi connectivity index (χ1n) is 8.00. The van der Waals surface area contributed by atoms with Gasteiger partial charge in [-0.15, -0.1) is 0 Å². The normalized spacial score (nSPS) is 32.9. The van der Waals surface area contributed by atoms with Crippen molar-refractivity contribution in [3.8, 4) is 0 Å². The summed E-state index contributed by atoms with van der Waals surface area (Å²) in [6, 6.07) is 1.34. The number of aromatic nitrogens is 2. The van der Waals surface area contributed by atoms with Gasteiger partial charge in [-0.1, -0.05) is 0 Å². The number of amides is 1. The van der Waals surface area contributed by atoms with Crippen LogP contribution in [0.2, 0.25) is 0 Å². The molecule has 6 nitrogen and oxygen atoms in total. The van der Waals surface area contributed by atoms with Gasteiger partial charge < -0.3 is 10.4 Å². The standard InChI is InChI=1S/C16H19N3O3/c20-15(11-5-6-17-14(18-11)8-1-2-8)19-13-10-4-3-9(7-10)12(13)16(21)22/h5-6,8-10,12-13H,1-4,7H2,(H,19,20)(H,21,22)/t9-,10+,12+,13-/m1/s1. The van der Waals surface area contributed by atoms with Crippen LogP contribution in [-0.4, -0.2) is 33.0 Å². The van der Waals surface area contributed by atoms with E-state index in [0.717, 1.165) is 37.9 Å². The summed E-state index contributed by atoms with van der Waals surface area (Å²) in [7, 11) is 0. The Kier molecular flexibility index (Phi) is 3.13. The topological polar surface area (TPSA) is 92.2 Å². The number of hydrogen-bond donors (Lipinski definition) is 2. The van der Waals surface area contributed by atoms with Crippen molar-refractivity contribution < 1.29 is 14.7 Å². The average Bonchev–Trinajstić information content (AvgIpc) is 3.18. The Bertz CT molecular complexity index is 629. The van der Waals surface area contributed by atoms with Crippen molar-refractivity contribution in [3.63, 3.8) is 0 Å². The van der Waals surface area contributed by atoms with Gasteiger partial charge in [0.1, 0.15) is 11.5 Å². The van der Waals surface area contributed by atoms with E-state index in [-0.39, 0.29) is 17.9 Å². The minimum absolute atomic E-state index is 0.209. The Labute approximate surface area is 128 Å². The fourth-order valence-corrected chi connectivity index (χ4v) is 4.12. The molecule has 4 atom stereocenters. The Morgan fingerprint density at radius 3 is 2.68 bits per heavy atom. The molecule has 0 unspecified atom stereocenters. The zero-order valence-corrected chi connectivity index (χ0v) is 12.2. The number of fused-ring (bicyclic) bond motifs is 2.